The Morgan fingerprint density at radius 1 is 1.11 bits per heavy atom. The van der Waals surface area contributed by atoms with E-state index in [-0.39, 0.29) is 18.4 Å². The van der Waals surface area contributed by atoms with Gasteiger partial charge in [-0.3, -0.25) is 10.1 Å². The van der Waals surface area contributed by atoms with Crippen LogP contribution in [0, 0.1) is 0 Å². The van der Waals surface area contributed by atoms with Gasteiger partial charge in [0.05, 0.1) is 25.3 Å². The molecule has 0 saturated carbocycles. The molecule has 4 rings (SSSR count). The Bertz CT molecular complexity index is 825. The van der Waals surface area contributed by atoms with Gasteiger partial charge in [0, 0.05) is 37.0 Å². The summed E-state index contributed by atoms with van der Waals surface area (Å²) in [6.07, 6.45) is 1.61. The standard InChI is InChI=1S/C19H22N4O4S/c24-16(23-8-6-19(7-9-23)26-10-11-27-19)12-15-13-28-18(21-15)22-17(25)20-14-4-2-1-3-5-14/h1-5,13H,6-12H2,(H2,20,21,22,25). The number of nitrogens with one attached hydrogen (secondary N) is 2. The second-order valence-corrected chi connectivity index (χ2v) is 7.61. The molecule has 0 radical (unpaired) electrons. The summed E-state index contributed by atoms with van der Waals surface area (Å²) in [7, 11) is 0. The van der Waals surface area contributed by atoms with Crippen molar-refractivity contribution in [2.45, 2.75) is 25.0 Å². The third-order valence-electron chi connectivity index (χ3n) is 4.83. The van der Waals surface area contributed by atoms with Gasteiger partial charge in [0.15, 0.2) is 10.9 Å². The number of ether oxygens (including phenoxy) is 2. The maximum Gasteiger partial charge on any atom is 0.325 e. The number of carbonyl (C=O) groups is 2. The van der Waals surface area contributed by atoms with E-state index in [0.717, 1.165) is 0 Å². The number of anilines is 2. The van der Waals surface area contributed by atoms with Gasteiger partial charge in [-0.15, -0.1) is 11.3 Å². The van der Waals surface area contributed by atoms with E-state index < -0.39 is 5.79 Å². The van der Waals surface area contributed by atoms with Gasteiger partial charge in [-0.1, -0.05) is 18.2 Å². The molecule has 2 aromatic rings. The van der Waals surface area contributed by atoms with Crippen LogP contribution in [0.3, 0.4) is 0 Å². The second kappa shape index (κ2) is 8.26. The molecule has 0 unspecified atom stereocenters. The molecule has 2 aliphatic heterocycles. The first-order valence-electron chi connectivity index (χ1n) is 9.25. The molecule has 0 atom stereocenters. The number of hydrogen-bond acceptors (Lipinski definition) is 6. The molecule has 148 valence electrons. The van der Waals surface area contributed by atoms with Crippen LogP contribution in [0.5, 0.6) is 0 Å². The van der Waals surface area contributed by atoms with E-state index in [4.69, 9.17) is 9.47 Å². The minimum atomic E-state index is -0.486. The predicted molar refractivity (Wildman–Crippen MR) is 105 cm³/mol. The number of benzene rings is 1. The number of carbonyl (C=O) groups excluding carboxylic acids is 2. The molecule has 3 heterocycles. The average Bonchev–Trinajstić information content (AvgIpc) is 3.33. The molecule has 0 bridgehead atoms. The Morgan fingerprint density at radius 2 is 1.82 bits per heavy atom. The van der Waals surface area contributed by atoms with E-state index in [9.17, 15) is 9.59 Å². The van der Waals surface area contributed by atoms with E-state index in [1.165, 1.54) is 11.3 Å². The Labute approximate surface area is 166 Å². The lowest BCUT2D eigenvalue weighted by Gasteiger charge is -2.37. The Morgan fingerprint density at radius 3 is 2.54 bits per heavy atom. The zero-order valence-electron chi connectivity index (χ0n) is 15.3. The minimum Gasteiger partial charge on any atom is -0.347 e. The molecule has 2 saturated heterocycles. The highest BCUT2D eigenvalue weighted by Crippen LogP contribution is 2.31. The molecule has 8 nitrogen and oxygen atoms in total. The van der Waals surface area contributed by atoms with Gasteiger partial charge in [0.1, 0.15) is 0 Å². The first kappa shape index (κ1) is 18.9. The third-order valence-corrected chi connectivity index (χ3v) is 5.63. The van der Waals surface area contributed by atoms with Gasteiger partial charge >= 0.3 is 6.03 Å². The highest BCUT2D eigenvalue weighted by Gasteiger charge is 2.40. The van der Waals surface area contributed by atoms with Crippen molar-refractivity contribution >= 4 is 34.1 Å². The molecule has 2 aliphatic rings. The lowest BCUT2D eigenvalue weighted by atomic mass is 10.0. The van der Waals surface area contributed by atoms with Gasteiger partial charge < -0.3 is 19.7 Å². The molecule has 9 heteroatoms. The van der Waals surface area contributed by atoms with E-state index in [2.05, 4.69) is 15.6 Å². The molecule has 28 heavy (non-hydrogen) atoms. The molecule has 1 aromatic carbocycles. The van der Waals surface area contributed by atoms with Gasteiger partial charge in [0.25, 0.3) is 0 Å². The van der Waals surface area contributed by atoms with Crippen LogP contribution in [-0.2, 0) is 20.7 Å². The second-order valence-electron chi connectivity index (χ2n) is 6.75. The SMILES string of the molecule is O=C(Nc1ccccc1)Nc1nc(CC(=O)N2CCC3(CC2)OCCO3)cs1. The smallest absolute Gasteiger partial charge is 0.325 e. The number of piperidine rings is 1. The fourth-order valence-electron chi connectivity index (χ4n) is 3.38. The fourth-order valence-corrected chi connectivity index (χ4v) is 4.08. The largest absolute Gasteiger partial charge is 0.347 e. The summed E-state index contributed by atoms with van der Waals surface area (Å²) in [6.45, 7) is 2.49. The monoisotopic (exact) mass is 402 g/mol. The van der Waals surface area contributed by atoms with E-state index in [1.807, 2.05) is 23.1 Å². The van der Waals surface area contributed by atoms with Crippen molar-refractivity contribution in [3.63, 3.8) is 0 Å². The summed E-state index contributed by atoms with van der Waals surface area (Å²) in [5.41, 5.74) is 1.35. The van der Waals surface area contributed by atoms with E-state index in [1.54, 1.807) is 17.5 Å². The van der Waals surface area contributed by atoms with Crippen molar-refractivity contribution < 1.29 is 19.1 Å². The number of urea groups is 1. The number of nitrogens with zero attached hydrogens (tertiary/aromatic N) is 2. The van der Waals surface area contributed by atoms with Crippen LogP contribution in [-0.4, -0.2) is 53.9 Å². The fraction of sp³-hybridized carbons (Fsp3) is 0.421. The summed E-state index contributed by atoms with van der Waals surface area (Å²) in [6, 6.07) is 8.80. The van der Waals surface area contributed by atoms with Crippen LogP contribution in [0.1, 0.15) is 18.5 Å². The summed E-state index contributed by atoms with van der Waals surface area (Å²) in [5.74, 6) is -0.459. The number of thiazole rings is 1. The van der Waals surface area contributed by atoms with Crippen molar-refractivity contribution in [2.75, 3.05) is 36.9 Å². The van der Waals surface area contributed by atoms with Gasteiger partial charge in [0.2, 0.25) is 5.91 Å². The number of aromatic nitrogens is 1. The Hall–Kier alpha value is -2.49. The van der Waals surface area contributed by atoms with Crippen molar-refractivity contribution in [1.29, 1.82) is 0 Å². The van der Waals surface area contributed by atoms with E-state index in [0.29, 0.717) is 55.7 Å². The quantitative estimate of drug-likeness (QED) is 0.820. The van der Waals surface area contributed by atoms with Gasteiger partial charge in [-0.05, 0) is 12.1 Å². The molecule has 3 amide bonds. The zero-order valence-corrected chi connectivity index (χ0v) is 16.2. The van der Waals surface area contributed by atoms with Gasteiger partial charge in [-0.2, -0.15) is 0 Å². The van der Waals surface area contributed by atoms with Crippen LogP contribution in [0.25, 0.3) is 0 Å². The first-order valence-corrected chi connectivity index (χ1v) is 10.1. The normalized spacial score (nSPS) is 18.2. The topological polar surface area (TPSA) is 92.8 Å². The molecule has 1 aromatic heterocycles. The minimum absolute atomic E-state index is 0.0263. The van der Waals surface area contributed by atoms with Crippen molar-refractivity contribution in [3.8, 4) is 0 Å². The number of para-hydroxylation sites is 1. The highest BCUT2D eigenvalue weighted by molar-refractivity contribution is 7.14. The van der Waals surface area contributed by atoms with Crippen LogP contribution in [0.15, 0.2) is 35.7 Å². The van der Waals surface area contributed by atoms with Crippen LogP contribution in [0.4, 0.5) is 15.6 Å². The maximum absolute atomic E-state index is 12.6. The number of amides is 3. The van der Waals surface area contributed by atoms with Crippen molar-refractivity contribution in [3.05, 3.63) is 41.4 Å². The first-order chi connectivity index (χ1) is 13.6. The molecule has 0 aliphatic carbocycles. The summed E-state index contributed by atoms with van der Waals surface area (Å²) in [5, 5.41) is 7.69. The molecule has 2 N–H and O–H groups in total. The molecule has 2 fully saturated rings. The molecular weight excluding hydrogens is 380 g/mol. The number of rotatable bonds is 4. The Balaban J connectivity index is 1.26. The third kappa shape index (κ3) is 4.49. The maximum atomic E-state index is 12.6. The van der Waals surface area contributed by atoms with Crippen LogP contribution < -0.4 is 10.6 Å². The van der Waals surface area contributed by atoms with Crippen molar-refractivity contribution in [2.24, 2.45) is 0 Å². The molecule has 1 spiro atoms. The highest BCUT2D eigenvalue weighted by atomic mass is 32.1. The summed E-state index contributed by atoms with van der Waals surface area (Å²) < 4.78 is 11.4. The van der Waals surface area contributed by atoms with Gasteiger partial charge in [-0.25, -0.2) is 9.78 Å². The van der Waals surface area contributed by atoms with Crippen molar-refractivity contribution in [1.82, 2.24) is 9.88 Å². The van der Waals surface area contributed by atoms with Crippen LogP contribution >= 0.6 is 11.3 Å². The zero-order chi connectivity index (χ0) is 19.4. The average molecular weight is 402 g/mol. The predicted octanol–water partition coefficient (Wildman–Crippen LogP) is 2.70. The molecular formula is C19H22N4O4S. The Kier molecular flexibility index (Phi) is 5.56. The summed E-state index contributed by atoms with van der Waals surface area (Å²) >= 11 is 1.30. The van der Waals surface area contributed by atoms with E-state index >= 15 is 0 Å². The summed E-state index contributed by atoms with van der Waals surface area (Å²) in [4.78, 5) is 30.8. The lowest BCUT2D eigenvalue weighted by Crippen LogP contribution is -2.47. The van der Waals surface area contributed by atoms with Crippen LogP contribution in [0.2, 0.25) is 0 Å². The number of hydrogen-bond donors (Lipinski definition) is 2. The lowest BCUT2D eigenvalue weighted by molar-refractivity contribution is -0.187. The number of likely N-dealkylation sites (tertiary alicyclic amines) is 1.